The number of nitrogens with one attached hydrogen (secondary N) is 1. The quantitative estimate of drug-likeness (QED) is 0.775. The van der Waals surface area contributed by atoms with Crippen molar-refractivity contribution in [3.05, 3.63) is 52.4 Å². The zero-order valence-electron chi connectivity index (χ0n) is 12.7. The average molecular weight is 343 g/mol. The third kappa shape index (κ3) is 2.69. The first-order valence-electron chi connectivity index (χ1n) is 7.61. The van der Waals surface area contributed by atoms with Crippen LogP contribution >= 0.6 is 11.5 Å². The van der Waals surface area contributed by atoms with E-state index in [9.17, 15) is 9.18 Å². The summed E-state index contributed by atoms with van der Waals surface area (Å²) in [4.78, 5) is 14.2. The van der Waals surface area contributed by atoms with Crippen LogP contribution in [0.15, 0.2) is 29.6 Å². The molecule has 6 nitrogen and oxygen atoms in total. The number of nitrogens with zero attached hydrogens (tertiary/aromatic N) is 4. The number of amides is 1. The number of aromatic amines is 1. The highest BCUT2D eigenvalue weighted by Gasteiger charge is 2.24. The van der Waals surface area contributed by atoms with Crippen molar-refractivity contribution >= 4 is 17.4 Å². The maximum absolute atomic E-state index is 13.5. The van der Waals surface area contributed by atoms with Gasteiger partial charge in [-0.05, 0) is 30.1 Å². The van der Waals surface area contributed by atoms with Crippen LogP contribution in [0.4, 0.5) is 4.39 Å². The fourth-order valence-corrected chi connectivity index (χ4v) is 3.41. The lowest BCUT2D eigenvalue weighted by Gasteiger charge is -2.18. The number of carbonyl (C=O) groups excluding carboxylic acids is 1. The Hall–Kier alpha value is -2.61. The number of hydrogen-bond donors (Lipinski definition) is 1. The Kier molecular flexibility index (Phi) is 3.81. The Morgan fingerprint density at radius 1 is 1.29 bits per heavy atom. The van der Waals surface area contributed by atoms with E-state index in [0.717, 1.165) is 22.5 Å². The summed E-state index contributed by atoms with van der Waals surface area (Å²) in [7, 11) is 0. The number of rotatable bonds is 2. The number of benzene rings is 1. The molecule has 0 fully saturated rings. The molecule has 0 aliphatic carbocycles. The lowest BCUT2D eigenvalue weighted by molar-refractivity contribution is 0.0757. The van der Waals surface area contributed by atoms with Crippen molar-refractivity contribution in [2.45, 2.75) is 12.8 Å². The number of hydrogen-bond acceptors (Lipinski definition) is 5. The third-order valence-corrected chi connectivity index (χ3v) is 4.69. The smallest absolute Gasteiger partial charge is 0.275 e. The van der Waals surface area contributed by atoms with E-state index >= 15 is 0 Å². The number of halogens is 1. The number of H-pyrrole nitrogens is 1. The highest BCUT2D eigenvalue weighted by atomic mass is 32.1. The van der Waals surface area contributed by atoms with Crippen molar-refractivity contribution in [2.75, 3.05) is 13.1 Å². The molecule has 2 aromatic heterocycles. The molecule has 0 unspecified atom stereocenters. The second-order valence-corrected chi connectivity index (χ2v) is 6.23. The van der Waals surface area contributed by atoms with Crippen LogP contribution in [0.5, 0.6) is 0 Å². The van der Waals surface area contributed by atoms with Gasteiger partial charge in [0, 0.05) is 41.7 Å². The second kappa shape index (κ2) is 6.12. The molecule has 0 spiro atoms. The van der Waals surface area contributed by atoms with E-state index in [2.05, 4.69) is 19.8 Å². The zero-order chi connectivity index (χ0) is 16.5. The molecule has 24 heavy (non-hydrogen) atoms. The van der Waals surface area contributed by atoms with Gasteiger partial charge in [-0.25, -0.2) is 4.39 Å². The Labute approximate surface area is 141 Å². The maximum atomic E-state index is 13.5. The topological polar surface area (TPSA) is 74.8 Å². The van der Waals surface area contributed by atoms with Gasteiger partial charge in [0.15, 0.2) is 5.69 Å². The minimum Gasteiger partial charge on any atom is -0.337 e. The van der Waals surface area contributed by atoms with Crippen LogP contribution in [0.2, 0.25) is 0 Å². The summed E-state index contributed by atoms with van der Waals surface area (Å²) >= 11 is 1.17. The van der Waals surface area contributed by atoms with Crippen molar-refractivity contribution in [1.29, 1.82) is 0 Å². The predicted molar refractivity (Wildman–Crippen MR) is 87.2 cm³/mol. The van der Waals surface area contributed by atoms with Gasteiger partial charge < -0.3 is 4.90 Å². The minimum absolute atomic E-state index is 0.103. The highest BCUT2D eigenvalue weighted by Crippen LogP contribution is 2.27. The Bertz CT molecular complexity index is 876. The van der Waals surface area contributed by atoms with Gasteiger partial charge in [0.25, 0.3) is 5.91 Å². The normalized spacial score (nSPS) is 14.3. The van der Waals surface area contributed by atoms with Crippen molar-refractivity contribution < 1.29 is 9.18 Å². The monoisotopic (exact) mass is 343 g/mol. The standard InChI is InChI=1S/C16H14FN5OS/c17-11-3-1-2-10(8-11)15-12-4-6-22(7-5-13(12)18-20-15)16(23)14-9-24-21-19-14/h1-3,8-9H,4-7H2,(H,18,20). The molecule has 1 aliphatic rings. The van der Waals surface area contributed by atoms with Crippen LogP contribution < -0.4 is 0 Å². The van der Waals surface area contributed by atoms with Crippen molar-refractivity contribution in [3.8, 4) is 11.3 Å². The van der Waals surface area contributed by atoms with Crippen molar-refractivity contribution in [3.63, 3.8) is 0 Å². The summed E-state index contributed by atoms with van der Waals surface area (Å²) in [6.45, 7) is 1.17. The molecule has 1 amide bonds. The van der Waals surface area contributed by atoms with Gasteiger partial charge >= 0.3 is 0 Å². The first-order valence-corrected chi connectivity index (χ1v) is 8.44. The molecule has 8 heteroatoms. The van der Waals surface area contributed by atoms with Crippen molar-refractivity contribution in [1.82, 2.24) is 24.7 Å². The molecule has 3 aromatic rings. The molecule has 1 N–H and O–H groups in total. The minimum atomic E-state index is -0.286. The first-order chi connectivity index (χ1) is 11.7. The fraction of sp³-hybridized carbons (Fsp3) is 0.250. The Morgan fingerprint density at radius 2 is 2.17 bits per heavy atom. The molecule has 4 rings (SSSR count). The molecule has 1 aromatic carbocycles. The molecule has 3 heterocycles. The van der Waals surface area contributed by atoms with E-state index in [0.29, 0.717) is 31.6 Å². The Balaban J connectivity index is 1.59. The van der Waals surface area contributed by atoms with Gasteiger partial charge in [-0.2, -0.15) is 5.10 Å². The van der Waals surface area contributed by atoms with Crippen LogP contribution in [0, 0.1) is 5.82 Å². The summed E-state index contributed by atoms with van der Waals surface area (Å²) in [5.41, 5.74) is 3.94. The summed E-state index contributed by atoms with van der Waals surface area (Å²) in [5.74, 6) is -0.389. The number of aromatic nitrogens is 4. The molecule has 0 saturated heterocycles. The molecular formula is C16H14FN5OS. The van der Waals surface area contributed by atoms with Gasteiger partial charge in [0.05, 0.1) is 5.69 Å². The van der Waals surface area contributed by atoms with Gasteiger partial charge in [0.2, 0.25) is 0 Å². The van der Waals surface area contributed by atoms with E-state index in [-0.39, 0.29) is 11.7 Å². The number of fused-ring (bicyclic) bond motifs is 1. The van der Waals surface area contributed by atoms with Gasteiger partial charge in [0.1, 0.15) is 5.82 Å². The van der Waals surface area contributed by atoms with E-state index in [1.165, 1.54) is 23.7 Å². The summed E-state index contributed by atoms with van der Waals surface area (Å²) in [6, 6.07) is 6.41. The molecule has 1 aliphatic heterocycles. The van der Waals surface area contributed by atoms with Gasteiger partial charge in [-0.3, -0.25) is 9.89 Å². The van der Waals surface area contributed by atoms with E-state index in [1.807, 2.05) is 6.07 Å². The van der Waals surface area contributed by atoms with Gasteiger partial charge in [-0.15, -0.1) is 5.10 Å². The maximum Gasteiger partial charge on any atom is 0.275 e. The summed E-state index contributed by atoms with van der Waals surface area (Å²) in [6.07, 6.45) is 1.35. The molecule has 122 valence electrons. The van der Waals surface area contributed by atoms with E-state index in [4.69, 9.17) is 0 Å². The molecule has 0 saturated carbocycles. The fourth-order valence-electron chi connectivity index (χ4n) is 2.98. The molecule has 0 bridgehead atoms. The molecule has 0 radical (unpaired) electrons. The third-order valence-electron chi connectivity index (χ3n) is 4.18. The van der Waals surface area contributed by atoms with E-state index < -0.39 is 0 Å². The van der Waals surface area contributed by atoms with Crippen LogP contribution in [0.3, 0.4) is 0 Å². The predicted octanol–water partition coefficient (Wildman–Crippen LogP) is 2.31. The molecule has 0 atom stereocenters. The van der Waals surface area contributed by atoms with Gasteiger partial charge in [-0.1, -0.05) is 16.6 Å². The molecular weight excluding hydrogens is 329 g/mol. The first kappa shape index (κ1) is 14.9. The van der Waals surface area contributed by atoms with Crippen LogP contribution in [-0.2, 0) is 12.8 Å². The van der Waals surface area contributed by atoms with Crippen LogP contribution in [-0.4, -0.2) is 43.7 Å². The van der Waals surface area contributed by atoms with Crippen molar-refractivity contribution in [2.24, 2.45) is 0 Å². The lowest BCUT2D eigenvalue weighted by Crippen LogP contribution is -2.33. The van der Waals surface area contributed by atoms with Crippen LogP contribution in [0.1, 0.15) is 21.7 Å². The summed E-state index contributed by atoms with van der Waals surface area (Å²) in [5, 5.41) is 12.9. The zero-order valence-corrected chi connectivity index (χ0v) is 13.5. The average Bonchev–Trinajstić information content (AvgIpc) is 3.21. The van der Waals surface area contributed by atoms with E-state index in [1.54, 1.807) is 16.3 Å². The number of carbonyl (C=O) groups is 1. The SMILES string of the molecule is O=C(c1csnn1)N1CCc2[nH]nc(-c3cccc(F)c3)c2CC1. The van der Waals surface area contributed by atoms with Crippen LogP contribution in [0.25, 0.3) is 11.3 Å². The Morgan fingerprint density at radius 3 is 2.96 bits per heavy atom. The second-order valence-electron chi connectivity index (χ2n) is 5.62. The summed E-state index contributed by atoms with van der Waals surface area (Å²) < 4.78 is 17.2. The lowest BCUT2D eigenvalue weighted by atomic mass is 10.0. The highest BCUT2D eigenvalue weighted by molar-refractivity contribution is 7.03. The largest absolute Gasteiger partial charge is 0.337 e.